The highest BCUT2D eigenvalue weighted by molar-refractivity contribution is 8.00. The van der Waals surface area contributed by atoms with E-state index in [2.05, 4.69) is 0 Å². The third kappa shape index (κ3) is 4.70. The summed E-state index contributed by atoms with van der Waals surface area (Å²) in [5, 5.41) is 0.0528. The predicted molar refractivity (Wildman–Crippen MR) is 92.9 cm³/mol. The van der Waals surface area contributed by atoms with Crippen molar-refractivity contribution in [2.75, 3.05) is 0 Å². The van der Waals surface area contributed by atoms with Crippen molar-refractivity contribution in [3.8, 4) is 11.5 Å². The number of hydrogen-bond donors (Lipinski definition) is 0. The average molecular weight is 439 g/mol. The van der Waals surface area contributed by atoms with Gasteiger partial charge in [0.2, 0.25) is 0 Å². The van der Waals surface area contributed by atoms with Crippen LogP contribution < -0.4 is 4.74 Å². The molecule has 1 aliphatic carbocycles. The third-order valence-electron chi connectivity index (χ3n) is 3.87. The number of esters is 1. The minimum Gasteiger partial charge on any atom is -0.457 e. The summed E-state index contributed by atoms with van der Waals surface area (Å²) in [6.45, 7) is 1.04. The quantitative estimate of drug-likeness (QED) is 0.315. The number of alkyl halides is 4. The first-order valence-corrected chi connectivity index (χ1v) is 9.09. The van der Waals surface area contributed by atoms with Crippen LogP contribution in [0.1, 0.15) is 24.2 Å². The molecular formula is C18H12ClF5O3S. The Kier molecular flexibility index (Phi) is 5.77. The van der Waals surface area contributed by atoms with Crippen molar-refractivity contribution in [3.63, 3.8) is 0 Å². The van der Waals surface area contributed by atoms with Gasteiger partial charge >= 0.3 is 11.5 Å². The van der Waals surface area contributed by atoms with E-state index in [4.69, 9.17) is 21.1 Å². The van der Waals surface area contributed by atoms with E-state index in [9.17, 15) is 26.7 Å². The van der Waals surface area contributed by atoms with Crippen LogP contribution in [0.5, 0.6) is 11.5 Å². The summed E-state index contributed by atoms with van der Waals surface area (Å²) in [6, 6.07) is 5.72. The number of thioether (sulfide) groups is 1. The number of benzene rings is 2. The van der Waals surface area contributed by atoms with Gasteiger partial charge < -0.3 is 9.47 Å². The summed E-state index contributed by atoms with van der Waals surface area (Å²) in [5.41, 5.74) is -4.61. The smallest absolute Gasteiger partial charge is 0.446 e. The molecule has 0 amide bonds. The van der Waals surface area contributed by atoms with E-state index in [1.54, 1.807) is 0 Å². The zero-order valence-electron chi connectivity index (χ0n) is 14.1. The number of rotatable bonds is 4. The Balaban J connectivity index is 2.06. The first kappa shape index (κ1) is 20.7. The lowest BCUT2D eigenvalue weighted by Crippen LogP contribution is -2.16. The largest absolute Gasteiger partial charge is 0.457 e. The molecule has 2 atom stereocenters. The number of hydrogen-bond acceptors (Lipinski definition) is 4. The molecule has 0 saturated carbocycles. The SMILES string of the molecule is CC(=O)O[C@H]1c2c(SC(F)(F)F)ccc(Oc3cc(F)cc(Cl)c3)c2C[C@H]1F. The summed E-state index contributed by atoms with van der Waals surface area (Å²) in [5.74, 6) is -1.48. The Bertz CT molecular complexity index is 899. The minimum absolute atomic E-state index is 0.00484. The normalized spacial score (nSPS) is 18.7. The topological polar surface area (TPSA) is 35.5 Å². The fourth-order valence-corrected chi connectivity index (χ4v) is 3.91. The van der Waals surface area contributed by atoms with Crippen LogP contribution in [-0.4, -0.2) is 17.6 Å². The first-order chi connectivity index (χ1) is 13.0. The molecule has 28 heavy (non-hydrogen) atoms. The maximum Gasteiger partial charge on any atom is 0.446 e. The molecule has 0 N–H and O–H groups in total. The highest BCUT2D eigenvalue weighted by Gasteiger charge is 2.42. The molecule has 0 saturated heterocycles. The van der Waals surface area contributed by atoms with Crippen LogP contribution in [0.2, 0.25) is 5.02 Å². The number of carbonyl (C=O) groups is 1. The third-order valence-corrected chi connectivity index (χ3v) is 4.89. The fourth-order valence-electron chi connectivity index (χ4n) is 2.96. The highest BCUT2D eigenvalue weighted by Crippen LogP contribution is 2.50. The van der Waals surface area contributed by atoms with Gasteiger partial charge in [0, 0.05) is 40.5 Å². The van der Waals surface area contributed by atoms with Gasteiger partial charge in [-0.15, -0.1) is 0 Å². The predicted octanol–water partition coefficient (Wildman–Crippen LogP) is 6.38. The van der Waals surface area contributed by atoms with Crippen molar-refractivity contribution in [1.82, 2.24) is 0 Å². The highest BCUT2D eigenvalue weighted by atomic mass is 35.5. The van der Waals surface area contributed by atoms with Gasteiger partial charge in [-0.2, -0.15) is 13.2 Å². The molecule has 150 valence electrons. The second-order valence-corrected chi connectivity index (χ2v) is 7.50. The molecule has 0 heterocycles. The van der Waals surface area contributed by atoms with Gasteiger partial charge in [0.25, 0.3) is 0 Å². The van der Waals surface area contributed by atoms with Crippen LogP contribution in [0.3, 0.4) is 0 Å². The molecule has 2 aromatic carbocycles. The lowest BCUT2D eigenvalue weighted by atomic mass is 10.1. The second-order valence-electron chi connectivity index (χ2n) is 5.96. The van der Waals surface area contributed by atoms with E-state index in [-0.39, 0.29) is 39.0 Å². The standard InChI is InChI=1S/C18H12ClF5O3S/c1-8(25)26-17-13(21)7-12-14(27-11-5-9(19)4-10(20)6-11)2-3-15(16(12)17)28-18(22,23)24/h2-6,13,17H,7H2,1H3/t13-,17-/m1/s1. The van der Waals surface area contributed by atoms with Crippen molar-refractivity contribution < 1.29 is 36.2 Å². The van der Waals surface area contributed by atoms with Crippen LogP contribution in [0.4, 0.5) is 22.0 Å². The number of ether oxygens (including phenoxy) is 2. The molecule has 0 fully saturated rings. The molecule has 10 heteroatoms. The summed E-state index contributed by atoms with van der Waals surface area (Å²) in [7, 11) is 0. The lowest BCUT2D eigenvalue weighted by molar-refractivity contribution is -0.149. The summed E-state index contributed by atoms with van der Waals surface area (Å²) >= 11 is 5.33. The Labute approximate surface area is 165 Å². The first-order valence-electron chi connectivity index (χ1n) is 7.90. The number of halogens is 6. The molecule has 3 nitrogen and oxygen atoms in total. The van der Waals surface area contributed by atoms with E-state index in [0.717, 1.165) is 25.1 Å². The Morgan fingerprint density at radius 1 is 1.25 bits per heavy atom. The second kappa shape index (κ2) is 7.79. The average Bonchev–Trinajstić information content (AvgIpc) is 2.84. The Morgan fingerprint density at radius 3 is 2.57 bits per heavy atom. The Hall–Kier alpha value is -2.00. The summed E-state index contributed by atoms with van der Waals surface area (Å²) < 4.78 is 77.2. The molecule has 0 radical (unpaired) electrons. The molecule has 1 aliphatic rings. The molecule has 2 aromatic rings. The van der Waals surface area contributed by atoms with E-state index >= 15 is 0 Å². The summed E-state index contributed by atoms with van der Waals surface area (Å²) in [4.78, 5) is 11.0. The lowest BCUT2D eigenvalue weighted by Gasteiger charge is -2.19. The molecule has 3 rings (SSSR count). The van der Waals surface area contributed by atoms with Gasteiger partial charge in [-0.05, 0) is 36.0 Å². The van der Waals surface area contributed by atoms with Crippen LogP contribution >= 0.6 is 23.4 Å². The van der Waals surface area contributed by atoms with Gasteiger partial charge in [-0.3, -0.25) is 4.79 Å². The maximum absolute atomic E-state index is 14.5. The zero-order valence-corrected chi connectivity index (χ0v) is 15.7. The number of fused-ring (bicyclic) bond motifs is 1. The monoisotopic (exact) mass is 438 g/mol. The van der Waals surface area contributed by atoms with Gasteiger partial charge in [-0.25, -0.2) is 8.78 Å². The van der Waals surface area contributed by atoms with Crippen molar-refractivity contribution in [1.29, 1.82) is 0 Å². The van der Waals surface area contributed by atoms with Crippen LogP contribution in [0.25, 0.3) is 0 Å². The van der Waals surface area contributed by atoms with E-state index in [1.165, 1.54) is 12.1 Å². The van der Waals surface area contributed by atoms with Crippen molar-refractivity contribution in [3.05, 3.63) is 52.3 Å². The van der Waals surface area contributed by atoms with Gasteiger partial charge in [0.1, 0.15) is 23.5 Å². The molecule has 0 bridgehead atoms. The van der Waals surface area contributed by atoms with Gasteiger partial charge in [0.15, 0.2) is 6.10 Å². The van der Waals surface area contributed by atoms with Crippen LogP contribution in [-0.2, 0) is 16.0 Å². The minimum atomic E-state index is -4.62. The molecular weight excluding hydrogens is 427 g/mol. The van der Waals surface area contributed by atoms with Crippen LogP contribution in [0.15, 0.2) is 35.2 Å². The molecule has 0 unspecified atom stereocenters. The van der Waals surface area contributed by atoms with E-state index < -0.39 is 41.3 Å². The Morgan fingerprint density at radius 2 is 1.96 bits per heavy atom. The van der Waals surface area contributed by atoms with Gasteiger partial charge in [-0.1, -0.05) is 11.6 Å². The fraction of sp³-hybridized carbons (Fsp3) is 0.278. The summed E-state index contributed by atoms with van der Waals surface area (Å²) in [6.07, 6.45) is -3.55. The van der Waals surface area contributed by atoms with Crippen molar-refractivity contribution in [2.45, 2.75) is 36.0 Å². The van der Waals surface area contributed by atoms with Gasteiger partial charge in [0.05, 0.1) is 0 Å². The van der Waals surface area contributed by atoms with Crippen LogP contribution in [0, 0.1) is 5.82 Å². The van der Waals surface area contributed by atoms with Crippen molar-refractivity contribution >= 4 is 29.3 Å². The molecule has 0 aliphatic heterocycles. The zero-order chi connectivity index (χ0) is 20.6. The number of carbonyl (C=O) groups excluding carboxylic acids is 1. The molecule has 0 spiro atoms. The maximum atomic E-state index is 14.5. The van der Waals surface area contributed by atoms with Crippen molar-refractivity contribution in [2.24, 2.45) is 0 Å². The molecule has 0 aromatic heterocycles. The van der Waals surface area contributed by atoms with E-state index in [1.807, 2.05) is 0 Å². The van der Waals surface area contributed by atoms with E-state index in [0.29, 0.717) is 0 Å².